The van der Waals surface area contributed by atoms with Crippen LogP contribution in [0.15, 0.2) is 62.9 Å². The summed E-state index contributed by atoms with van der Waals surface area (Å²) in [6.07, 6.45) is 1.85. The maximum absolute atomic E-state index is 13.1. The minimum atomic E-state index is -3.96. The van der Waals surface area contributed by atoms with E-state index in [2.05, 4.69) is 15.2 Å². The number of nitrogens with one attached hydrogen (secondary N) is 2. The Hall–Kier alpha value is -3.46. The van der Waals surface area contributed by atoms with Gasteiger partial charge in [0, 0.05) is 23.2 Å². The molecule has 1 aliphatic rings. The van der Waals surface area contributed by atoms with E-state index in [1.54, 1.807) is 6.92 Å². The number of rotatable bonds is 5. The molecule has 32 heavy (non-hydrogen) atoms. The van der Waals surface area contributed by atoms with Gasteiger partial charge in [-0.1, -0.05) is 18.2 Å². The van der Waals surface area contributed by atoms with Crippen LogP contribution in [-0.4, -0.2) is 20.0 Å². The molecule has 0 radical (unpaired) electrons. The molecule has 1 aromatic heterocycles. The van der Waals surface area contributed by atoms with Crippen LogP contribution in [0.5, 0.6) is 0 Å². The monoisotopic (exact) mass is 455 g/mol. The lowest BCUT2D eigenvalue weighted by molar-refractivity contribution is 0.0994. The zero-order chi connectivity index (χ0) is 22.9. The third-order valence-corrected chi connectivity index (χ3v) is 6.57. The number of benzene rings is 2. The van der Waals surface area contributed by atoms with Crippen LogP contribution in [0.25, 0.3) is 0 Å². The lowest BCUT2D eigenvalue weighted by Crippen LogP contribution is -2.22. The van der Waals surface area contributed by atoms with E-state index < -0.39 is 15.8 Å². The largest absolute Gasteiger partial charge is 0.455 e. The van der Waals surface area contributed by atoms with Crippen molar-refractivity contribution in [2.24, 2.45) is 5.10 Å². The molecule has 0 spiro atoms. The predicted octanol–water partition coefficient (Wildman–Crippen LogP) is 4.31. The number of sulfonamides is 1. The molecule has 0 atom stereocenters. The molecule has 0 fully saturated rings. The van der Waals surface area contributed by atoms with Crippen molar-refractivity contribution in [1.82, 2.24) is 4.83 Å². The van der Waals surface area contributed by atoms with Crippen LogP contribution >= 0.6 is 0 Å². The summed E-state index contributed by atoms with van der Waals surface area (Å²) < 4.78 is 44.0. The number of nitrogens with zero attached hydrogens (tertiary/aromatic N) is 1. The van der Waals surface area contributed by atoms with E-state index >= 15 is 0 Å². The average molecular weight is 456 g/mol. The van der Waals surface area contributed by atoms with Gasteiger partial charge in [-0.05, 0) is 62.6 Å². The Morgan fingerprint density at radius 1 is 1.06 bits per heavy atom. The predicted molar refractivity (Wildman–Crippen MR) is 119 cm³/mol. The van der Waals surface area contributed by atoms with Crippen LogP contribution in [0.4, 0.5) is 10.1 Å². The van der Waals surface area contributed by atoms with Crippen molar-refractivity contribution >= 4 is 27.3 Å². The molecule has 7 nitrogen and oxygen atoms in total. The van der Waals surface area contributed by atoms with Crippen LogP contribution in [0.2, 0.25) is 0 Å². The Balaban J connectivity index is 1.61. The summed E-state index contributed by atoms with van der Waals surface area (Å²) in [7, 11) is -3.96. The van der Waals surface area contributed by atoms with Gasteiger partial charge in [-0.15, -0.1) is 0 Å². The molecule has 4 rings (SSSR count). The van der Waals surface area contributed by atoms with Gasteiger partial charge in [0.15, 0.2) is 5.76 Å². The number of amides is 1. The van der Waals surface area contributed by atoms with Gasteiger partial charge in [0.05, 0.1) is 10.6 Å². The van der Waals surface area contributed by atoms with Gasteiger partial charge in [-0.3, -0.25) is 4.79 Å². The fourth-order valence-electron chi connectivity index (χ4n) is 3.67. The zero-order valence-electron chi connectivity index (χ0n) is 17.6. The molecule has 0 saturated carbocycles. The standard InChI is InChI=1S/C23H22FN3O4S/c1-14-6-3-4-7-18(14)25-23(28)22-15(2)21-19(8-5-9-20(21)31-22)26-27-32(29,30)17-12-10-16(24)11-13-17/h3-4,6-7,10-13,27H,5,8-9H2,1-2H3,(H,25,28)/b26-19+. The van der Waals surface area contributed by atoms with Crippen LogP contribution in [0.3, 0.4) is 0 Å². The SMILES string of the molecule is Cc1ccccc1NC(=O)c1oc2c(c1C)/C(=N/NS(=O)(=O)c1ccc(F)cc1)CCC2. The number of hydrogen-bond acceptors (Lipinski definition) is 5. The smallest absolute Gasteiger partial charge is 0.291 e. The second kappa shape index (κ2) is 8.58. The number of aryl methyl sites for hydroxylation is 2. The molecule has 0 bridgehead atoms. The summed E-state index contributed by atoms with van der Waals surface area (Å²) in [5.41, 5.74) is 3.35. The number of fused-ring (bicyclic) bond motifs is 1. The van der Waals surface area contributed by atoms with Crippen LogP contribution in [0.1, 0.15) is 45.8 Å². The average Bonchev–Trinajstić information content (AvgIpc) is 3.11. The van der Waals surface area contributed by atoms with E-state index in [-0.39, 0.29) is 16.6 Å². The highest BCUT2D eigenvalue weighted by Gasteiger charge is 2.28. The normalized spacial score (nSPS) is 14.8. The summed E-state index contributed by atoms with van der Waals surface area (Å²) in [6, 6.07) is 11.9. The summed E-state index contributed by atoms with van der Waals surface area (Å²) in [5.74, 6) is -0.132. The first-order valence-corrected chi connectivity index (χ1v) is 11.6. The molecular weight excluding hydrogens is 433 g/mol. The molecule has 2 N–H and O–H groups in total. The Labute approximate surface area is 185 Å². The fourth-order valence-corrected chi connectivity index (χ4v) is 4.50. The Bertz CT molecular complexity index is 1310. The van der Waals surface area contributed by atoms with Crippen molar-refractivity contribution < 1.29 is 22.0 Å². The molecule has 2 aromatic carbocycles. The van der Waals surface area contributed by atoms with Gasteiger partial charge in [0.2, 0.25) is 0 Å². The zero-order valence-corrected chi connectivity index (χ0v) is 18.4. The molecule has 0 unspecified atom stereocenters. The highest BCUT2D eigenvalue weighted by molar-refractivity contribution is 7.89. The van der Waals surface area contributed by atoms with Gasteiger partial charge in [-0.25, -0.2) is 4.39 Å². The summed E-state index contributed by atoms with van der Waals surface area (Å²) >= 11 is 0. The minimum absolute atomic E-state index is 0.0958. The van der Waals surface area contributed by atoms with Gasteiger partial charge in [0.25, 0.3) is 15.9 Å². The fraction of sp³-hybridized carbons (Fsp3) is 0.217. The van der Waals surface area contributed by atoms with Crippen molar-refractivity contribution in [2.75, 3.05) is 5.32 Å². The highest BCUT2D eigenvalue weighted by Crippen LogP contribution is 2.30. The maximum Gasteiger partial charge on any atom is 0.291 e. The van der Waals surface area contributed by atoms with E-state index in [4.69, 9.17) is 4.42 Å². The van der Waals surface area contributed by atoms with E-state index in [0.717, 1.165) is 17.7 Å². The van der Waals surface area contributed by atoms with Gasteiger partial charge < -0.3 is 9.73 Å². The van der Waals surface area contributed by atoms with Crippen molar-refractivity contribution in [3.05, 3.63) is 82.6 Å². The molecule has 9 heteroatoms. The maximum atomic E-state index is 13.1. The number of halogens is 1. The van der Waals surface area contributed by atoms with Crippen molar-refractivity contribution in [2.45, 2.75) is 38.0 Å². The summed E-state index contributed by atoms with van der Waals surface area (Å²) in [5, 5.41) is 6.98. The molecule has 3 aromatic rings. The number of anilines is 1. The molecule has 1 aliphatic carbocycles. The van der Waals surface area contributed by atoms with E-state index in [1.807, 2.05) is 31.2 Å². The van der Waals surface area contributed by atoms with Gasteiger partial charge in [0.1, 0.15) is 11.6 Å². The number of para-hydroxylation sites is 1. The topological polar surface area (TPSA) is 101 Å². The Morgan fingerprint density at radius 2 is 1.78 bits per heavy atom. The van der Waals surface area contributed by atoms with Crippen molar-refractivity contribution in [1.29, 1.82) is 0 Å². The first kappa shape index (κ1) is 21.8. The highest BCUT2D eigenvalue weighted by atomic mass is 32.2. The minimum Gasteiger partial charge on any atom is -0.455 e. The summed E-state index contributed by atoms with van der Waals surface area (Å²) in [4.78, 5) is 15.0. The molecule has 166 valence electrons. The van der Waals surface area contributed by atoms with Crippen molar-refractivity contribution in [3.8, 4) is 0 Å². The Kier molecular flexibility index (Phi) is 5.84. The van der Waals surface area contributed by atoms with Crippen LogP contribution in [-0.2, 0) is 16.4 Å². The Morgan fingerprint density at radius 3 is 2.50 bits per heavy atom. The number of hydrogen-bond donors (Lipinski definition) is 2. The third kappa shape index (κ3) is 4.29. The molecule has 1 amide bonds. The first-order valence-electron chi connectivity index (χ1n) is 10.1. The lowest BCUT2D eigenvalue weighted by atomic mass is 9.93. The molecular formula is C23H22FN3O4S. The number of carbonyl (C=O) groups is 1. The van der Waals surface area contributed by atoms with Crippen molar-refractivity contribution in [3.63, 3.8) is 0 Å². The van der Waals surface area contributed by atoms with E-state index in [0.29, 0.717) is 47.5 Å². The quantitative estimate of drug-likeness (QED) is 0.560. The van der Waals surface area contributed by atoms with Gasteiger partial charge >= 0.3 is 0 Å². The van der Waals surface area contributed by atoms with E-state index in [9.17, 15) is 17.6 Å². The molecule has 0 saturated heterocycles. The summed E-state index contributed by atoms with van der Waals surface area (Å²) in [6.45, 7) is 3.65. The number of carbonyl (C=O) groups excluding carboxylic acids is 1. The number of hydrazone groups is 1. The van der Waals surface area contributed by atoms with Crippen LogP contribution < -0.4 is 10.1 Å². The van der Waals surface area contributed by atoms with Crippen LogP contribution in [0, 0.1) is 19.7 Å². The second-order valence-corrected chi connectivity index (χ2v) is 9.24. The molecule has 1 heterocycles. The number of furan rings is 1. The van der Waals surface area contributed by atoms with E-state index in [1.165, 1.54) is 12.1 Å². The lowest BCUT2D eigenvalue weighted by Gasteiger charge is -2.14. The second-order valence-electron chi connectivity index (χ2n) is 7.58. The third-order valence-electron chi connectivity index (χ3n) is 5.35. The first-order chi connectivity index (χ1) is 15.3. The van der Waals surface area contributed by atoms with Gasteiger partial charge in [-0.2, -0.15) is 18.4 Å². The molecule has 0 aliphatic heterocycles.